The summed E-state index contributed by atoms with van der Waals surface area (Å²) < 4.78 is 27.5. The van der Waals surface area contributed by atoms with Gasteiger partial charge in [0, 0.05) is 30.7 Å². The highest BCUT2D eigenvalue weighted by Crippen LogP contribution is 2.23. The first-order valence-electron chi connectivity index (χ1n) is 7.73. The molecule has 2 N–H and O–H groups in total. The first-order chi connectivity index (χ1) is 12.3. The third-order valence-corrected chi connectivity index (χ3v) is 7.50. The Labute approximate surface area is 163 Å². The van der Waals surface area contributed by atoms with Crippen molar-refractivity contribution < 1.29 is 18.0 Å². The molecule has 0 saturated carbocycles. The van der Waals surface area contributed by atoms with Gasteiger partial charge in [0.1, 0.15) is 0 Å². The third-order valence-electron chi connectivity index (χ3n) is 4.02. The number of rotatable bonds is 4. The van der Waals surface area contributed by atoms with Gasteiger partial charge in [-0.05, 0) is 30.3 Å². The number of thiophene rings is 1. The van der Waals surface area contributed by atoms with E-state index in [1.807, 2.05) is 0 Å². The lowest BCUT2D eigenvalue weighted by atomic mass is 10.3. The van der Waals surface area contributed by atoms with Crippen LogP contribution in [0.2, 0.25) is 0 Å². The van der Waals surface area contributed by atoms with E-state index in [-0.39, 0.29) is 37.0 Å². The van der Waals surface area contributed by atoms with Gasteiger partial charge in [-0.2, -0.15) is 4.31 Å². The lowest BCUT2D eigenvalue weighted by molar-refractivity contribution is 0.0702. The Bertz CT molecular complexity index is 950. The molecular formula is C16H16BrN3O4S2. The molecule has 0 aliphatic carbocycles. The molecule has 1 aliphatic rings. The predicted molar refractivity (Wildman–Crippen MR) is 102 cm³/mol. The zero-order valence-electron chi connectivity index (χ0n) is 13.6. The van der Waals surface area contributed by atoms with Crippen molar-refractivity contribution in [1.29, 1.82) is 0 Å². The molecule has 3 rings (SSSR count). The summed E-state index contributed by atoms with van der Waals surface area (Å²) in [6, 6.07) is 9.63. The van der Waals surface area contributed by atoms with Gasteiger partial charge in [-0.3, -0.25) is 9.59 Å². The van der Waals surface area contributed by atoms with E-state index in [0.29, 0.717) is 14.2 Å². The second-order valence-corrected chi connectivity index (χ2v) is 9.62. The second kappa shape index (κ2) is 7.47. The highest BCUT2D eigenvalue weighted by atomic mass is 79.9. The maximum Gasteiger partial charge on any atom is 0.264 e. The number of amides is 2. The summed E-state index contributed by atoms with van der Waals surface area (Å²) in [5.41, 5.74) is 5.21. The van der Waals surface area contributed by atoms with Gasteiger partial charge in [0.2, 0.25) is 10.0 Å². The van der Waals surface area contributed by atoms with E-state index in [2.05, 4.69) is 15.9 Å². The Kier molecular flexibility index (Phi) is 5.47. The van der Waals surface area contributed by atoms with E-state index in [1.165, 1.54) is 10.4 Å². The van der Waals surface area contributed by atoms with Crippen LogP contribution in [0.3, 0.4) is 0 Å². The number of nitrogens with two attached hydrogens (primary N) is 1. The van der Waals surface area contributed by atoms with Crippen LogP contribution in [0.1, 0.15) is 19.3 Å². The number of nitrogens with zero attached hydrogens (tertiary/aromatic N) is 2. The molecule has 0 unspecified atom stereocenters. The fourth-order valence-corrected chi connectivity index (χ4v) is 5.49. The number of primary amides is 1. The molecule has 0 atom stereocenters. The Morgan fingerprint density at radius 2 is 1.69 bits per heavy atom. The van der Waals surface area contributed by atoms with Crippen LogP contribution in [0.25, 0.3) is 0 Å². The van der Waals surface area contributed by atoms with Gasteiger partial charge in [0.05, 0.1) is 14.6 Å². The van der Waals surface area contributed by atoms with Gasteiger partial charge in [0.25, 0.3) is 11.8 Å². The number of sulfonamides is 1. The van der Waals surface area contributed by atoms with E-state index < -0.39 is 15.9 Å². The summed E-state index contributed by atoms with van der Waals surface area (Å²) in [5.74, 6) is -0.791. The molecular weight excluding hydrogens is 442 g/mol. The molecule has 1 aromatic carbocycles. The van der Waals surface area contributed by atoms with Gasteiger partial charge in [0.15, 0.2) is 0 Å². The lowest BCUT2D eigenvalue weighted by Gasteiger charge is -2.33. The molecule has 7 nitrogen and oxygen atoms in total. The van der Waals surface area contributed by atoms with Crippen molar-refractivity contribution in [3.63, 3.8) is 0 Å². The zero-order chi connectivity index (χ0) is 18.9. The smallest absolute Gasteiger partial charge is 0.264 e. The summed E-state index contributed by atoms with van der Waals surface area (Å²) in [6.07, 6.45) is 0. The SMILES string of the molecule is NC(=O)c1ccc(C(=O)N2CCN(S(=O)(=O)c3cccc(Br)c3)CC2)s1. The summed E-state index contributed by atoms with van der Waals surface area (Å²) in [4.78, 5) is 26.2. The van der Waals surface area contributed by atoms with Gasteiger partial charge in [-0.25, -0.2) is 8.42 Å². The average molecular weight is 458 g/mol. The number of halogens is 1. The van der Waals surface area contributed by atoms with Crippen molar-refractivity contribution in [2.24, 2.45) is 5.73 Å². The summed E-state index contributed by atoms with van der Waals surface area (Å²) in [5, 5.41) is 0. The number of carbonyl (C=O) groups excluding carboxylic acids is 2. The third kappa shape index (κ3) is 3.83. The fraction of sp³-hybridized carbons (Fsp3) is 0.250. The molecule has 1 fully saturated rings. The summed E-state index contributed by atoms with van der Waals surface area (Å²) in [6.45, 7) is 1.01. The first kappa shape index (κ1) is 19.0. The average Bonchev–Trinajstić information content (AvgIpc) is 3.11. The van der Waals surface area contributed by atoms with Crippen LogP contribution >= 0.6 is 27.3 Å². The van der Waals surface area contributed by atoms with Crippen molar-refractivity contribution in [3.8, 4) is 0 Å². The minimum atomic E-state index is -3.60. The Balaban J connectivity index is 1.68. The summed E-state index contributed by atoms with van der Waals surface area (Å²) in [7, 11) is -3.60. The predicted octanol–water partition coefficient (Wildman–Crippen LogP) is 1.76. The van der Waals surface area contributed by atoms with E-state index >= 15 is 0 Å². The van der Waals surface area contributed by atoms with E-state index in [4.69, 9.17) is 5.73 Å². The van der Waals surface area contributed by atoms with Crippen LogP contribution in [-0.4, -0.2) is 55.6 Å². The Hall–Kier alpha value is -1.75. The van der Waals surface area contributed by atoms with E-state index in [1.54, 1.807) is 35.2 Å². The normalized spacial score (nSPS) is 15.8. The highest BCUT2D eigenvalue weighted by Gasteiger charge is 2.31. The topological polar surface area (TPSA) is 101 Å². The quantitative estimate of drug-likeness (QED) is 0.755. The minimum Gasteiger partial charge on any atom is -0.365 e. The second-order valence-electron chi connectivity index (χ2n) is 5.68. The molecule has 10 heteroatoms. The molecule has 0 bridgehead atoms. The monoisotopic (exact) mass is 457 g/mol. The molecule has 2 aromatic rings. The number of carbonyl (C=O) groups is 2. The van der Waals surface area contributed by atoms with E-state index in [9.17, 15) is 18.0 Å². The van der Waals surface area contributed by atoms with Crippen molar-refractivity contribution in [3.05, 3.63) is 50.6 Å². The van der Waals surface area contributed by atoms with Crippen LogP contribution in [0.4, 0.5) is 0 Å². The minimum absolute atomic E-state index is 0.217. The Morgan fingerprint density at radius 1 is 1.04 bits per heavy atom. The van der Waals surface area contributed by atoms with Crippen molar-refractivity contribution >= 4 is 49.1 Å². The van der Waals surface area contributed by atoms with Crippen molar-refractivity contribution in [2.75, 3.05) is 26.2 Å². The molecule has 1 aromatic heterocycles. The molecule has 26 heavy (non-hydrogen) atoms. The number of benzene rings is 1. The van der Waals surface area contributed by atoms with Gasteiger partial charge in [-0.15, -0.1) is 11.3 Å². The lowest BCUT2D eigenvalue weighted by Crippen LogP contribution is -2.50. The number of piperazine rings is 1. The van der Waals surface area contributed by atoms with Crippen LogP contribution < -0.4 is 5.73 Å². The molecule has 2 amide bonds. The number of hydrogen-bond donors (Lipinski definition) is 1. The molecule has 1 aliphatic heterocycles. The van der Waals surface area contributed by atoms with Crippen LogP contribution in [0.5, 0.6) is 0 Å². The van der Waals surface area contributed by atoms with Crippen LogP contribution in [0, 0.1) is 0 Å². The van der Waals surface area contributed by atoms with E-state index in [0.717, 1.165) is 11.3 Å². The molecule has 0 radical (unpaired) electrons. The fourth-order valence-electron chi connectivity index (χ4n) is 2.65. The van der Waals surface area contributed by atoms with Crippen LogP contribution in [-0.2, 0) is 10.0 Å². The molecule has 138 valence electrons. The number of hydrogen-bond acceptors (Lipinski definition) is 5. The maximum absolute atomic E-state index is 12.7. The van der Waals surface area contributed by atoms with Crippen molar-refractivity contribution in [2.45, 2.75) is 4.90 Å². The maximum atomic E-state index is 12.7. The highest BCUT2D eigenvalue weighted by molar-refractivity contribution is 9.10. The Morgan fingerprint density at radius 3 is 2.27 bits per heavy atom. The van der Waals surface area contributed by atoms with Gasteiger partial charge >= 0.3 is 0 Å². The van der Waals surface area contributed by atoms with Gasteiger partial charge < -0.3 is 10.6 Å². The van der Waals surface area contributed by atoms with Crippen molar-refractivity contribution in [1.82, 2.24) is 9.21 Å². The first-order valence-corrected chi connectivity index (χ1v) is 10.8. The summed E-state index contributed by atoms with van der Waals surface area (Å²) >= 11 is 4.32. The largest absolute Gasteiger partial charge is 0.365 e. The van der Waals surface area contributed by atoms with Crippen LogP contribution in [0.15, 0.2) is 45.8 Å². The molecule has 2 heterocycles. The molecule has 0 spiro atoms. The zero-order valence-corrected chi connectivity index (χ0v) is 16.8. The van der Waals surface area contributed by atoms with Gasteiger partial charge in [-0.1, -0.05) is 22.0 Å². The molecule has 1 saturated heterocycles. The standard InChI is InChI=1S/C16H16BrN3O4S2/c17-11-2-1-3-12(10-11)26(23,24)20-8-6-19(7-9-20)16(22)14-5-4-13(25-14)15(18)21/h1-5,10H,6-9H2,(H2,18,21).